The maximum absolute atomic E-state index is 13.6. The first-order chi connectivity index (χ1) is 6.27. The van der Waals surface area contributed by atoms with E-state index in [9.17, 15) is 9.18 Å². The van der Waals surface area contributed by atoms with Crippen molar-refractivity contribution >= 4 is 13.6 Å². The lowest BCUT2D eigenvalue weighted by atomic mass is 9.89. The second kappa shape index (κ2) is 3.38. The molecule has 0 amide bonds. The molecule has 2 rings (SSSR count). The lowest BCUT2D eigenvalue weighted by Crippen LogP contribution is -2.52. The van der Waals surface area contributed by atoms with E-state index in [1.165, 1.54) is 7.41 Å². The molecule has 4 atom stereocenters. The molecule has 2 bridgehead atoms. The van der Waals surface area contributed by atoms with Crippen LogP contribution in [0.15, 0.2) is 0 Å². The van der Waals surface area contributed by atoms with Gasteiger partial charge >= 0.3 is 0 Å². The van der Waals surface area contributed by atoms with Crippen molar-refractivity contribution in [2.24, 2.45) is 5.92 Å². The molecule has 2 aliphatic rings. The van der Waals surface area contributed by atoms with Crippen molar-refractivity contribution in [2.45, 2.75) is 24.7 Å². The van der Waals surface area contributed by atoms with Gasteiger partial charge in [0.2, 0.25) is 0 Å². The van der Waals surface area contributed by atoms with Crippen LogP contribution in [-0.2, 0) is 4.79 Å². The molecule has 5 heteroatoms. The monoisotopic (exact) mass is 183 g/mol. The summed E-state index contributed by atoms with van der Waals surface area (Å²) < 4.78 is 13.6. The second-order valence-corrected chi connectivity index (χ2v) is 3.80. The number of rotatable bonds is 3. The minimum atomic E-state index is -0.833. The highest BCUT2D eigenvalue weighted by Crippen LogP contribution is 2.38. The summed E-state index contributed by atoms with van der Waals surface area (Å²) >= 11 is 0. The predicted molar refractivity (Wildman–Crippen MR) is 48.8 cm³/mol. The first kappa shape index (κ1) is 9.15. The smallest absolute Gasteiger partial charge is 0.293 e. The molecule has 1 aliphatic heterocycles. The molecule has 3 nitrogen and oxygen atoms in total. The second-order valence-electron chi connectivity index (χ2n) is 3.80. The zero-order valence-corrected chi connectivity index (χ0v) is 7.61. The Hall–Kier alpha value is -0.415. The van der Waals surface area contributed by atoms with Crippen LogP contribution in [0, 0.1) is 5.92 Å². The zero-order valence-electron chi connectivity index (χ0n) is 7.61. The average molecular weight is 183 g/mol. The third-order valence-electron chi connectivity index (χ3n) is 3.22. The Morgan fingerprint density at radius 1 is 1.69 bits per heavy atom. The van der Waals surface area contributed by atoms with Crippen molar-refractivity contribution in [2.75, 3.05) is 13.6 Å². The number of fused-ring (bicyclic) bond motifs is 2. The van der Waals surface area contributed by atoms with E-state index >= 15 is 0 Å². The molecule has 1 unspecified atom stereocenters. The Labute approximate surface area is 77.9 Å². The van der Waals surface area contributed by atoms with Crippen molar-refractivity contribution in [3.05, 3.63) is 0 Å². The maximum Gasteiger partial charge on any atom is 0.293 e. The highest BCUT2D eigenvalue weighted by Gasteiger charge is 2.51. The van der Waals surface area contributed by atoms with Crippen molar-refractivity contribution in [1.29, 1.82) is 0 Å². The Bertz CT molecular complexity index is 214. The van der Waals surface area contributed by atoms with Gasteiger partial charge in [0.05, 0.1) is 6.19 Å². The van der Waals surface area contributed by atoms with Gasteiger partial charge in [-0.25, -0.2) is 4.39 Å². The van der Waals surface area contributed by atoms with Gasteiger partial charge in [0.1, 0.15) is 6.17 Å². The molecule has 1 heterocycles. The van der Waals surface area contributed by atoms with Crippen molar-refractivity contribution < 1.29 is 9.18 Å². The van der Waals surface area contributed by atoms with E-state index in [0.717, 1.165) is 19.2 Å². The van der Waals surface area contributed by atoms with Crippen LogP contribution in [-0.4, -0.2) is 50.3 Å². The molecule has 0 aromatic carbocycles. The van der Waals surface area contributed by atoms with Crippen LogP contribution in [0.1, 0.15) is 6.42 Å². The Balaban J connectivity index is 2.03. The van der Waals surface area contributed by atoms with E-state index in [4.69, 9.17) is 0 Å². The molecule has 0 aromatic rings. The fraction of sp³-hybridized carbons (Fsp3) is 0.875. The molecular formula is C8H13BFN2O. The molecule has 13 heavy (non-hydrogen) atoms. The van der Waals surface area contributed by atoms with Crippen LogP contribution in [0.2, 0.25) is 0 Å². The quantitative estimate of drug-likeness (QED) is 0.469. The lowest BCUT2D eigenvalue weighted by Gasteiger charge is -2.32. The Kier molecular flexibility index (Phi) is 2.38. The fourth-order valence-corrected chi connectivity index (χ4v) is 2.64. The van der Waals surface area contributed by atoms with Crippen molar-refractivity contribution in [3.63, 3.8) is 0 Å². The molecule has 0 aromatic heterocycles. The van der Waals surface area contributed by atoms with E-state index in [1.54, 1.807) is 7.05 Å². The SMILES string of the molecule is CN[C@H]1C2C[C@@H]([C@@H]1F)N([B]C=O)C2. The fourth-order valence-electron chi connectivity index (χ4n) is 2.64. The van der Waals surface area contributed by atoms with E-state index in [-0.39, 0.29) is 12.1 Å². The van der Waals surface area contributed by atoms with Crippen LogP contribution in [0.4, 0.5) is 4.39 Å². The van der Waals surface area contributed by atoms with Crippen LogP contribution in [0.5, 0.6) is 0 Å². The van der Waals surface area contributed by atoms with Gasteiger partial charge in [-0.2, -0.15) is 0 Å². The van der Waals surface area contributed by atoms with E-state index in [0.29, 0.717) is 5.92 Å². The summed E-state index contributed by atoms with van der Waals surface area (Å²) in [7, 11) is 3.26. The van der Waals surface area contributed by atoms with Gasteiger partial charge in [0.25, 0.3) is 7.41 Å². The number of halogens is 1. The number of alkyl halides is 1. The van der Waals surface area contributed by atoms with Gasteiger partial charge in [-0.15, -0.1) is 0 Å². The number of piperidine rings is 1. The summed E-state index contributed by atoms with van der Waals surface area (Å²) in [6.45, 7) is 0.815. The Morgan fingerprint density at radius 2 is 2.46 bits per heavy atom. The van der Waals surface area contributed by atoms with Crippen LogP contribution < -0.4 is 5.32 Å². The highest BCUT2D eigenvalue weighted by molar-refractivity contribution is 6.64. The maximum atomic E-state index is 13.6. The minimum absolute atomic E-state index is 0.0127. The van der Waals surface area contributed by atoms with Gasteiger partial charge in [-0.3, -0.25) is 0 Å². The van der Waals surface area contributed by atoms with Gasteiger partial charge < -0.3 is 14.9 Å². The number of hydrogen-bond donors (Lipinski definition) is 1. The molecule has 71 valence electrons. The Morgan fingerprint density at radius 3 is 3.00 bits per heavy atom. The summed E-state index contributed by atoms with van der Waals surface area (Å²) in [5, 5.41) is 3.00. The average Bonchev–Trinajstić information content (AvgIpc) is 2.62. The van der Waals surface area contributed by atoms with Crippen molar-refractivity contribution in [1.82, 2.24) is 10.1 Å². The lowest BCUT2D eigenvalue weighted by molar-refractivity contribution is 0.151. The zero-order chi connectivity index (χ0) is 9.42. The number of carbonyl (C=O) groups excluding carboxylic acids is 1. The van der Waals surface area contributed by atoms with Gasteiger partial charge in [0, 0.05) is 12.1 Å². The van der Waals surface area contributed by atoms with Crippen LogP contribution >= 0.6 is 0 Å². The predicted octanol–water partition coefficient (Wildman–Crippen LogP) is -0.574. The number of nitrogens with zero attached hydrogens (tertiary/aromatic N) is 1. The normalized spacial score (nSPS) is 43.8. The summed E-state index contributed by atoms with van der Waals surface area (Å²) in [6.07, 6.45) is 0.777. The van der Waals surface area contributed by atoms with Crippen LogP contribution in [0.25, 0.3) is 0 Å². The van der Waals surface area contributed by atoms with Gasteiger partial charge in [-0.1, -0.05) is 0 Å². The molecule has 1 aliphatic carbocycles. The molecule has 0 spiro atoms. The van der Waals surface area contributed by atoms with Crippen molar-refractivity contribution in [3.8, 4) is 0 Å². The van der Waals surface area contributed by atoms with E-state index in [2.05, 4.69) is 5.32 Å². The third kappa shape index (κ3) is 1.30. The molecule has 1 saturated carbocycles. The van der Waals surface area contributed by atoms with E-state index in [1.807, 2.05) is 4.81 Å². The topological polar surface area (TPSA) is 32.3 Å². The summed E-state index contributed by atoms with van der Waals surface area (Å²) in [4.78, 5) is 12.1. The summed E-state index contributed by atoms with van der Waals surface area (Å²) in [6, 6.07) is -0.0889. The number of carbonyl (C=O) groups is 1. The van der Waals surface area contributed by atoms with Gasteiger partial charge in [0.15, 0.2) is 0 Å². The largest absolute Gasteiger partial charge is 0.334 e. The third-order valence-corrected chi connectivity index (χ3v) is 3.22. The van der Waals surface area contributed by atoms with E-state index < -0.39 is 6.17 Å². The van der Waals surface area contributed by atoms with Crippen LogP contribution in [0.3, 0.4) is 0 Å². The van der Waals surface area contributed by atoms with Gasteiger partial charge in [-0.05, 0) is 25.9 Å². The molecular weight excluding hydrogens is 170 g/mol. The number of nitrogens with one attached hydrogen (secondary N) is 1. The minimum Gasteiger partial charge on any atom is -0.334 e. The number of hydrogen-bond acceptors (Lipinski definition) is 3. The molecule has 1 saturated heterocycles. The molecule has 2 fully saturated rings. The highest BCUT2D eigenvalue weighted by atomic mass is 19.1. The summed E-state index contributed by atoms with van der Waals surface area (Å²) in [5.41, 5.74) is 0. The standard InChI is InChI=1S/C8H13BFN2O/c1-11-8-5-2-6(7(8)10)12(3-5)9-4-13/h4-8,11H,2-3H2,1H3/t5?,6-,7-,8-/m0/s1. The first-order valence-electron chi connectivity index (χ1n) is 4.63. The summed E-state index contributed by atoms with van der Waals surface area (Å²) in [5.74, 6) is 0.362. The molecule has 1 radical (unpaired) electrons. The first-order valence-corrected chi connectivity index (χ1v) is 4.63. The molecule has 1 N–H and O–H groups in total.